The van der Waals surface area contributed by atoms with Crippen molar-refractivity contribution < 1.29 is 8.42 Å². The molecule has 4 rings (SSSR count). The maximum atomic E-state index is 13.8. The van der Waals surface area contributed by atoms with E-state index in [1.54, 1.807) is 0 Å². The molecular weight excluding hydrogens is 366 g/mol. The first-order valence-corrected chi connectivity index (χ1v) is 11.7. The van der Waals surface area contributed by atoms with Crippen LogP contribution in [0.15, 0.2) is 34.1 Å². The molecule has 2 nitrogen and oxygen atoms in total. The van der Waals surface area contributed by atoms with Crippen molar-refractivity contribution in [3.05, 3.63) is 46.5 Å². The van der Waals surface area contributed by atoms with E-state index in [9.17, 15) is 8.42 Å². The third kappa shape index (κ3) is 2.99. The monoisotopic (exact) mass is 390 g/mol. The van der Waals surface area contributed by atoms with E-state index in [0.717, 1.165) is 73.1 Å². The minimum Gasteiger partial charge on any atom is -0.218 e. The summed E-state index contributed by atoms with van der Waals surface area (Å²) >= 11 is 0. The van der Waals surface area contributed by atoms with E-state index in [2.05, 4.69) is 30.6 Å². The van der Waals surface area contributed by atoms with Gasteiger partial charge in [-0.15, -0.1) is 18.5 Å². The summed E-state index contributed by atoms with van der Waals surface area (Å²) in [7, 11) is 1.78. The van der Waals surface area contributed by atoms with E-state index in [1.165, 1.54) is 11.1 Å². The first-order valence-electron chi connectivity index (χ1n) is 9.05. The lowest BCUT2D eigenvalue weighted by atomic mass is 9.91. The fourth-order valence-electron chi connectivity index (χ4n) is 4.36. The topological polar surface area (TPSA) is 34.1 Å². The van der Waals surface area contributed by atoms with E-state index < -0.39 is 9.84 Å². The highest BCUT2D eigenvalue weighted by Gasteiger charge is 2.31. The molecule has 0 N–H and O–H groups in total. The van der Waals surface area contributed by atoms with Crippen LogP contribution in [0.2, 0.25) is 0 Å². The van der Waals surface area contributed by atoms with Crippen molar-refractivity contribution in [3.63, 3.8) is 0 Å². The van der Waals surface area contributed by atoms with Gasteiger partial charge in [-0.05, 0) is 84.2 Å². The zero-order valence-electron chi connectivity index (χ0n) is 14.3. The number of sulfone groups is 1. The molecule has 0 spiro atoms. The fourth-order valence-corrected chi connectivity index (χ4v) is 7.91. The van der Waals surface area contributed by atoms with Crippen LogP contribution in [-0.4, -0.2) is 8.42 Å². The van der Waals surface area contributed by atoms with Gasteiger partial charge in [0.2, 0.25) is 9.84 Å². The van der Waals surface area contributed by atoms with Gasteiger partial charge >= 0.3 is 0 Å². The van der Waals surface area contributed by atoms with Crippen LogP contribution in [0.5, 0.6) is 0 Å². The second-order valence-electron chi connectivity index (χ2n) is 7.16. The Hall–Kier alpha value is -0.750. The first kappa shape index (κ1) is 17.7. The fraction of sp³-hybridized carbons (Fsp3) is 0.400. The molecule has 2 unspecified atom stereocenters. The Morgan fingerprint density at radius 3 is 1.48 bits per heavy atom. The lowest BCUT2D eigenvalue weighted by Crippen LogP contribution is -2.24. The molecule has 0 amide bonds. The summed E-state index contributed by atoms with van der Waals surface area (Å²) in [6.07, 6.45) is 8.17. The maximum Gasteiger partial charge on any atom is 0.208 e. The van der Waals surface area contributed by atoms with Gasteiger partial charge in [0, 0.05) is 0 Å². The van der Waals surface area contributed by atoms with Crippen LogP contribution in [0.3, 0.4) is 0 Å². The number of hydrogen-bond donors (Lipinski definition) is 0. The van der Waals surface area contributed by atoms with Gasteiger partial charge in [0.05, 0.1) is 9.79 Å². The summed E-state index contributed by atoms with van der Waals surface area (Å²) in [6.45, 7) is 0. The Morgan fingerprint density at radius 1 is 0.640 bits per heavy atom. The molecule has 2 aromatic rings. The number of fused-ring (bicyclic) bond motifs is 2. The highest BCUT2D eigenvalue weighted by atomic mass is 32.2. The van der Waals surface area contributed by atoms with Gasteiger partial charge < -0.3 is 0 Å². The highest BCUT2D eigenvalue weighted by molar-refractivity contribution is 7.92. The van der Waals surface area contributed by atoms with Crippen molar-refractivity contribution in [1.82, 2.24) is 0 Å². The molecule has 25 heavy (non-hydrogen) atoms. The molecule has 2 aromatic carbocycles. The molecule has 0 aromatic heterocycles. The summed E-state index contributed by atoms with van der Waals surface area (Å²) < 4.78 is 27.6. The normalized spacial score (nSPS) is 17.0. The molecule has 0 saturated heterocycles. The molecule has 132 valence electrons. The predicted molar refractivity (Wildman–Crippen MR) is 110 cm³/mol. The zero-order valence-corrected chi connectivity index (χ0v) is 17.5. The molecule has 0 aliphatic heterocycles. The van der Waals surface area contributed by atoms with Gasteiger partial charge in [-0.2, -0.15) is 0 Å². The molecular formula is C20H24O2P2S. The van der Waals surface area contributed by atoms with Crippen molar-refractivity contribution in [2.45, 2.75) is 61.2 Å². The van der Waals surface area contributed by atoms with E-state index in [-0.39, 0.29) is 0 Å². The Bertz CT molecular complexity index is 877. The lowest BCUT2D eigenvalue weighted by molar-refractivity contribution is 0.589. The van der Waals surface area contributed by atoms with Crippen LogP contribution in [-0.2, 0) is 35.5 Å². The molecule has 5 heteroatoms. The molecule has 2 atom stereocenters. The van der Waals surface area contributed by atoms with Crippen molar-refractivity contribution in [1.29, 1.82) is 0 Å². The van der Waals surface area contributed by atoms with E-state index >= 15 is 0 Å². The molecule has 0 saturated carbocycles. The average Bonchev–Trinajstić information content (AvgIpc) is 2.61. The van der Waals surface area contributed by atoms with Gasteiger partial charge in [-0.3, -0.25) is 0 Å². The lowest BCUT2D eigenvalue weighted by Gasteiger charge is -2.25. The molecule has 0 heterocycles. The summed E-state index contributed by atoms with van der Waals surface area (Å²) in [5.41, 5.74) is 4.53. The van der Waals surface area contributed by atoms with E-state index in [4.69, 9.17) is 0 Å². The van der Waals surface area contributed by atoms with Crippen LogP contribution in [0.4, 0.5) is 0 Å². The van der Waals surface area contributed by atoms with Gasteiger partial charge in [-0.25, -0.2) is 8.42 Å². The van der Waals surface area contributed by atoms with Crippen LogP contribution in [0.25, 0.3) is 0 Å². The summed E-state index contributed by atoms with van der Waals surface area (Å²) in [4.78, 5) is 1.11. The largest absolute Gasteiger partial charge is 0.218 e. The number of rotatable bonds is 2. The van der Waals surface area contributed by atoms with Gasteiger partial charge in [0.15, 0.2) is 0 Å². The summed E-state index contributed by atoms with van der Waals surface area (Å²) in [5.74, 6) is 0. The summed E-state index contributed by atoms with van der Waals surface area (Å²) in [6, 6.07) is 8.13. The van der Waals surface area contributed by atoms with Crippen LogP contribution in [0, 0.1) is 0 Å². The number of benzene rings is 2. The molecule has 0 bridgehead atoms. The van der Waals surface area contributed by atoms with Gasteiger partial charge in [0.25, 0.3) is 0 Å². The third-order valence-electron chi connectivity index (χ3n) is 5.56. The average molecular weight is 390 g/mol. The molecule has 0 fully saturated rings. The van der Waals surface area contributed by atoms with Crippen LogP contribution >= 0.6 is 18.5 Å². The minimum atomic E-state index is -3.52. The Balaban J connectivity index is 1.99. The third-order valence-corrected chi connectivity index (χ3v) is 8.98. The number of aryl methyl sites for hydroxylation is 2. The van der Waals surface area contributed by atoms with E-state index in [0.29, 0.717) is 9.79 Å². The SMILES string of the molecule is O=S(=O)(c1c(P)ccc2c1CCCC2)c1c(P)ccc2c1CCCC2. The Labute approximate surface area is 155 Å². The van der Waals surface area contributed by atoms with Crippen LogP contribution in [0.1, 0.15) is 47.9 Å². The van der Waals surface area contributed by atoms with Crippen molar-refractivity contribution in [2.75, 3.05) is 0 Å². The quantitative estimate of drug-likeness (QED) is 0.738. The molecule has 2 aliphatic carbocycles. The van der Waals surface area contributed by atoms with E-state index in [1.807, 2.05) is 12.1 Å². The standard InChI is InChI=1S/C20H24O2P2S/c21-25(22,19-15-7-3-1-5-13(15)9-11-17(19)23)20-16-8-4-2-6-14(16)10-12-18(20)24/h9-12H,1-8,23-24H2. The smallest absolute Gasteiger partial charge is 0.208 e. The van der Waals surface area contributed by atoms with Crippen molar-refractivity contribution in [3.8, 4) is 0 Å². The van der Waals surface area contributed by atoms with Crippen molar-refractivity contribution >= 4 is 38.9 Å². The van der Waals surface area contributed by atoms with Gasteiger partial charge in [0.1, 0.15) is 0 Å². The highest BCUT2D eigenvalue weighted by Crippen LogP contribution is 2.35. The Morgan fingerprint density at radius 2 is 1.04 bits per heavy atom. The van der Waals surface area contributed by atoms with Gasteiger partial charge in [-0.1, -0.05) is 24.3 Å². The summed E-state index contributed by atoms with van der Waals surface area (Å²) in [5, 5.41) is 1.61. The first-order chi connectivity index (χ1) is 12.0. The zero-order chi connectivity index (χ0) is 17.6. The second kappa shape index (κ2) is 6.76. The minimum absolute atomic E-state index is 0.553. The number of hydrogen-bond acceptors (Lipinski definition) is 2. The molecule has 2 aliphatic rings. The Kier molecular flexibility index (Phi) is 4.78. The molecule has 0 radical (unpaired) electrons. The van der Waals surface area contributed by atoms with Crippen molar-refractivity contribution in [2.24, 2.45) is 0 Å². The maximum absolute atomic E-state index is 13.8. The predicted octanol–water partition coefficient (Wildman–Crippen LogP) is 3.28. The second-order valence-corrected chi connectivity index (χ2v) is 10.2. The van der Waals surface area contributed by atoms with Crippen LogP contribution < -0.4 is 10.6 Å².